The SMILES string of the molecule is CCC(C(=O)c1ccc(Br)cc1)C(c1ccc(Cl)cc1)C(C(=O)NC1CCCCC1)C(=O)NC1CCCCC1. The normalized spacial score (nSPS) is 18.4. The van der Waals surface area contributed by atoms with Crippen LogP contribution >= 0.6 is 27.5 Å². The third-order valence-corrected chi connectivity index (χ3v) is 9.20. The van der Waals surface area contributed by atoms with Crippen LogP contribution in [0.25, 0.3) is 0 Å². The second kappa shape index (κ2) is 14.5. The minimum atomic E-state index is -1.03. The van der Waals surface area contributed by atoms with Crippen molar-refractivity contribution in [2.45, 2.75) is 95.6 Å². The molecule has 0 aliphatic heterocycles. The van der Waals surface area contributed by atoms with Crippen LogP contribution in [-0.2, 0) is 9.59 Å². The smallest absolute Gasteiger partial charge is 0.233 e. The van der Waals surface area contributed by atoms with Gasteiger partial charge in [0.2, 0.25) is 11.8 Å². The highest BCUT2D eigenvalue weighted by atomic mass is 79.9. The number of benzene rings is 2. The number of hydrogen-bond acceptors (Lipinski definition) is 3. The molecule has 2 fully saturated rings. The molecule has 2 saturated carbocycles. The van der Waals surface area contributed by atoms with Gasteiger partial charge < -0.3 is 10.6 Å². The largest absolute Gasteiger partial charge is 0.353 e. The number of carbonyl (C=O) groups excluding carboxylic acids is 3. The summed E-state index contributed by atoms with van der Waals surface area (Å²) in [6, 6.07) is 14.7. The number of carbonyl (C=O) groups is 3. The van der Waals surface area contributed by atoms with Crippen LogP contribution in [-0.4, -0.2) is 29.7 Å². The molecule has 210 valence electrons. The lowest BCUT2D eigenvalue weighted by atomic mass is 9.71. The Hall–Kier alpha value is -2.18. The number of rotatable bonds is 10. The lowest BCUT2D eigenvalue weighted by Crippen LogP contribution is -2.51. The van der Waals surface area contributed by atoms with E-state index in [9.17, 15) is 14.4 Å². The standard InChI is InChI=1S/C32H40BrClN2O3/c1-2-27(30(37)22-13-17-23(33)18-14-22)28(21-15-19-24(34)20-16-21)29(31(38)35-25-9-5-3-6-10-25)32(39)36-26-11-7-4-8-12-26/h13-20,25-29H,2-12H2,1H3,(H,35,38)(H,36,39). The van der Waals surface area contributed by atoms with Gasteiger partial charge in [0.25, 0.3) is 0 Å². The maximum absolute atomic E-state index is 14.1. The Morgan fingerprint density at radius 1 is 0.795 bits per heavy atom. The van der Waals surface area contributed by atoms with Gasteiger partial charge in [-0.3, -0.25) is 14.4 Å². The molecule has 7 heteroatoms. The first kappa shape index (κ1) is 29.8. The molecule has 0 heterocycles. The highest BCUT2D eigenvalue weighted by molar-refractivity contribution is 9.10. The third kappa shape index (κ3) is 7.94. The second-order valence-electron chi connectivity index (χ2n) is 11.1. The molecule has 5 nitrogen and oxygen atoms in total. The van der Waals surface area contributed by atoms with Crippen molar-refractivity contribution in [1.29, 1.82) is 0 Å². The van der Waals surface area contributed by atoms with Crippen LogP contribution in [0, 0.1) is 11.8 Å². The number of ketones is 1. The highest BCUT2D eigenvalue weighted by Crippen LogP contribution is 2.38. The molecular weight excluding hydrogens is 576 g/mol. The van der Waals surface area contributed by atoms with Crippen LogP contribution in [0.2, 0.25) is 5.02 Å². The number of nitrogens with one attached hydrogen (secondary N) is 2. The minimum Gasteiger partial charge on any atom is -0.353 e. The fourth-order valence-corrected chi connectivity index (χ4v) is 6.68. The zero-order valence-electron chi connectivity index (χ0n) is 22.8. The Morgan fingerprint density at radius 2 is 1.28 bits per heavy atom. The molecule has 2 aliphatic rings. The van der Waals surface area contributed by atoms with E-state index < -0.39 is 17.8 Å². The second-order valence-corrected chi connectivity index (χ2v) is 12.5. The van der Waals surface area contributed by atoms with Gasteiger partial charge >= 0.3 is 0 Å². The number of hydrogen-bond donors (Lipinski definition) is 2. The van der Waals surface area contributed by atoms with Crippen molar-refractivity contribution >= 4 is 45.1 Å². The van der Waals surface area contributed by atoms with Gasteiger partial charge in [0, 0.05) is 39.0 Å². The molecule has 2 amide bonds. The van der Waals surface area contributed by atoms with Crippen molar-refractivity contribution in [2.24, 2.45) is 11.8 Å². The lowest BCUT2D eigenvalue weighted by molar-refractivity contribution is -0.137. The van der Waals surface area contributed by atoms with E-state index in [1.54, 1.807) is 24.3 Å². The molecule has 0 bridgehead atoms. The summed E-state index contributed by atoms with van der Waals surface area (Å²) in [6.07, 6.45) is 10.8. The minimum absolute atomic E-state index is 0.0596. The summed E-state index contributed by atoms with van der Waals surface area (Å²) < 4.78 is 0.887. The van der Waals surface area contributed by atoms with Gasteiger partial charge in [-0.25, -0.2) is 0 Å². The first-order chi connectivity index (χ1) is 18.9. The predicted molar refractivity (Wildman–Crippen MR) is 160 cm³/mol. The van der Waals surface area contributed by atoms with Crippen molar-refractivity contribution in [3.63, 3.8) is 0 Å². The van der Waals surface area contributed by atoms with E-state index in [2.05, 4.69) is 26.6 Å². The molecule has 4 rings (SSSR count). The van der Waals surface area contributed by atoms with E-state index in [0.29, 0.717) is 17.0 Å². The first-order valence-corrected chi connectivity index (χ1v) is 15.7. The molecule has 0 radical (unpaired) electrons. The van der Waals surface area contributed by atoms with Crippen LogP contribution in [0.1, 0.15) is 99.4 Å². The molecule has 2 unspecified atom stereocenters. The predicted octanol–water partition coefficient (Wildman–Crippen LogP) is 7.61. The highest BCUT2D eigenvalue weighted by Gasteiger charge is 2.43. The fraction of sp³-hybridized carbons (Fsp3) is 0.531. The number of Topliss-reactive ketones (excluding diaryl/α,β-unsaturated/α-hetero) is 1. The van der Waals surface area contributed by atoms with Gasteiger partial charge in [-0.15, -0.1) is 0 Å². The monoisotopic (exact) mass is 614 g/mol. The van der Waals surface area contributed by atoms with E-state index >= 15 is 0 Å². The van der Waals surface area contributed by atoms with E-state index in [0.717, 1.165) is 61.4 Å². The molecular formula is C32H40BrClN2O3. The quantitative estimate of drug-likeness (QED) is 0.213. The molecule has 2 N–H and O–H groups in total. The molecule has 39 heavy (non-hydrogen) atoms. The van der Waals surface area contributed by atoms with Gasteiger partial charge in [-0.1, -0.05) is 97.2 Å². The van der Waals surface area contributed by atoms with Gasteiger partial charge in [0.05, 0.1) is 0 Å². The molecule has 2 aromatic rings. The van der Waals surface area contributed by atoms with E-state index in [1.165, 1.54) is 12.8 Å². The molecule has 0 saturated heterocycles. The summed E-state index contributed by atoms with van der Waals surface area (Å²) in [5, 5.41) is 7.01. The topological polar surface area (TPSA) is 75.3 Å². The Morgan fingerprint density at radius 3 is 1.74 bits per heavy atom. The Kier molecular flexibility index (Phi) is 11.0. The maximum Gasteiger partial charge on any atom is 0.233 e. The van der Waals surface area contributed by atoms with Crippen LogP contribution in [0.4, 0.5) is 0 Å². The molecule has 2 atom stereocenters. The Labute approximate surface area is 246 Å². The van der Waals surface area contributed by atoms with Crippen molar-refractivity contribution < 1.29 is 14.4 Å². The first-order valence-electron chi connectivity index (χ1n) is 14.5. The van der Waals surface area contributed by atoms with Crippen LogP contribution in [0.3, 0.4) is 0 Å². The number of amides is 2. The molecule has 2 aromatic carbocycles. The lowest BCUT2D eigenvalue weighted by Gasteiger charge is -2.34. The van der Waals surface area contributed by atoms with Crippen molar-refractivity contribution in [2.75, 3.05) is 0 Å². The van der Waals surface area contributed by atoms with Crippen molar-refractivity contribution in [3.8, 4) is 0 Å². The van der Waals surface area contributed by atoms with Gasteiger partial charge in [-0.2, -0.15) is 0 Å². The third-order valence-electron chi connectivity index (χ3n) is 8.42. The van der Waals surface area contributed by atoms with Gasteiger partial charge in [0.1, 0.15) is 5.92 Å². The maximum atomic E-state index is 14.1. The van der Waals surface area contributed by atoms with E-state index in [1.807, 2.05) is 31.2 Å². The van der Waals surface area contributed by atoms with Crippen molar-refractivity contribution in [1.82, 2.24) is 10.6 Å². The van der Waals surface area contributed by atoms with E-state index in [4.69, 9.17) is 11.6 Å². The molecule has 2 aliphatic carbocycles. The van der Waals surface area contributed by atoms with Crippen LogP contribution in [0.15, 0.2) is 53.0 Å². The zero-order chi connectivity index (χ0) is 27.8. The summed E-state index contributed by atoms with van der Waals surface area (Å²) in [5.41, 5.74) is 1.35. The number of halogens is 2. The average Bonchev–Trinajstić information content (AvgIpc) is 2.94. The molecule has 0 aromatic heterocycles. The zero-order valence-corrected chi connectivity index (χ0v) is 25.1. The summed E-state index contributed by atoms with van der Waals surface area (Å²) in [7, 11) is 0. The van der Waals surface area contributed by atoms with Crippen molar-refractivity contribution in [3.05, 3.63) is 69.2 Å². The summed E-state index contributed by atoms with van der Waals surface area (Å²) in [5.74, 6) is -2.85. The van der Waals surface area contributed by atoms with Crippen LogP contribution < -0.4 is 10.6 Å². The Balaban J connectivity index is 1.74. The molecule has 0 spiro atoms. The summed E-state index contributed by atoms with van der Waals surface area (Å²) in [4.78, 5) is 42.2. The summed E-state index contributed by atoms with van der Waals surface area (Å²) >= 11 is 9.68. The average molecular weight is 616 g/mol. The summed E-state index contributed by atoms with van der Waals surface area (Å²) in [6.45, 7) is 1.96. The van der Waals surface area contributed by atoms with E-state index in [-0.39, 0.29) is 29.7 Å². The van der Waals surface area contributed by atoms with Crippen LogP contribution in [0.5, 0.6) is 0 Å². The Bertz CT molecular complexity index is 1080. The van der Waals surface area contributed by atoms with Gasteiger partial charge in [-0.05, 0) is 61.9 Å². The van der Waals surface area contributed by atoms with Gasteiger partial charge in [0.15, 0.2) is 5.78 Å². The fourth-order valence-electron chi connectivity index (χ4n) is 6.29.